The summed E-state index contributed by atoms with van der Waals surface area (Å²) in [5.41, 5.74) is 0.430. The lowest BCUT2D eigenvalue weighted by atomic mass is 10.1. The second kappa shape index (κ2) is 5.90. The van der Waals surface area contributed by atoms with E-state index in [0.29, 0.717) is 21.6 Å². The summed E-state index contributed by atoms with van der Waals surface area (Å²) in [7, 11) is 0. The van der Waals surface area contributed by atoms with Crippen LogP contribution in [0.3, 0.4) is 0 Å². The van der Waals surface area contributed by atoms with E-state index < -0.39 is 12.1 Å². The van der Waals surface area contributed by atoms with Crippen LogP contribution in [0.15, 0.2) is 22.7 Å². The van der Waals surface area contributed by atoms with Gasteiger partial charge in [0.15, 0.2) is 6.10 Å². The Morgan fingerprint density at radius 2 is 2.21 bits per heavy atom. The van der Waals surface area contributed by atoms with Crippen molar-refractivity contribution in [3.8, 4) is 0 Å². The molecule has 1 aromatic carbocycles. The summed E-state index contributed by atoms with van der Waals surface area (Å²) in [6.45, 7) is 0.630. The molecule has 0 radical (unpaired) electrons. The molecule has 0 bridgehead atoms. The Labute approximate surface area is 123 Å². The van der Waals surface area contributed by atoms with Crippen LogP contribution in [0.5, 0.6) is 0 Å². The summed E-state index contributed by atoms with van der Waals surface area (Å²) >= 11 is 9.19. The molecule has 0 saturated carbocycles. The molecule has 1 heterocycles. The lowest BCUT2D eigenvalue weighted by Gasteiger charge is -2.31. The number of aliphatic carboxylic acids is 1. The van der Waals surface area contributed by atoms with Gasteiger partial charge in [-0.2, -0.15) is 0 Å². The number of rotatable bonds is 2. The zero-order chi connectivity index (χ0) is 14.0. The van der Waals surface area contributed by atoms with Gasteiger partial charge >= 0.3 is 5.97 Å². The highest BCUT2D eigenvalue weighted by Gasteiger charge is 2.29. The van der Waals surface area contributed by atoms with Gasteiger partial charge in [0.1, 0.15) is 0 Å². The van der Waals surface area contributed by atoms with Crippen molar-refractivity contribution in [2.75, 3.05) is 19.7 Å². The predicted molar refractivity (Wildman–Crippen MR) is 72.4 cm³/mol. The summed E-state index contributed by atoms with van der Waals surface area (Å²) in [5.74, 6) is -1.31. The molecule has 1 saturated heterocycles. The molecule has 1 aliphatic heterocycles. The fourth-order valence-corrected chi connectivity index (χ4v) is 2.22. The number of hydrogen-bond donors (Lipinski definition) is 1. The molecule has 1 amide bonds. The Balaban J connectivity index is 2.14. The monoisotopic (exact) mass is 347 g/mol. The summed E-state index contributed by atoms with van der Waals surface area (Å²) in [6.07, 6.45) is -0.969. The summed E-state index contributed by atoms with van der Waals surface area (Å²) in [6, 6.07) is 4.88. The van der Waals surface area contributed by atoms with Crippen molar-refractivity contribution in [2.45, 2.75) is 6.10 Å². The van der Waals surface area contributed by atoms with Crippen LogP contribution in [-0.4, -0.2) is 47.7 Å². The number of benzene rings is 1. The molecule has 0 spiro atoms. The Hall–Kier alpha value is -1.11. The average Bonchev–Trinajstić information content (AvgIpc) is 2.41. The van der Waals surface area contributed by atoms with Crippen molar-refractivity contribution in [3.05, 3.63) is 33.3 Å². The van der Waals surface area contributed by atoms with Crippen molar-refractivity contribution < 1.29 is 19.4 Å². The van der Waals surface area contributed by atoms with E-state index in [9.17, 15) is 9.59 Å². The van der Waals surface area contributed by atoms with Gasteiger partial charge in [-0.3, -0.25) is 4.79 Å². The van der Waals surface area contributed by atoms with Crippen LogP contribution < -0.4 is 0 Å². The molecule has 102 valence electrons. The minimum atomic E-state index is -1.06. The van der Waals surface area contributed by atoms with Gasteiger partial charge in [0, 0.05) is 16.6 Å². The highest BCUT2D eigenvalue weighted by molar-refractivity contribution is 9.10. The molecule has 1 atom stereocenters. The first-order chi connectivity index (χ1) is 8.99. The van der Waals surface area contributed by atoms with Gasteiger partial charge in [-0.1, -0.05) is 11.6 Å². The molecule has 1 aromatic rings. The molecular weight excluding hydrogens is 337 g/mol. The third-order valence-corrected chi connectivity index (χ3v) is 4.03. The van der Waals surface area contributed by atoms with Gasteiger partial charge in [-0.05, 0) is 34.1 Å². The molecule has 1 aliphatic rings. The molecule has 0 aromatic heterocycles. The Kier molecular flexibility index (Phi) is 4.44. The lowest BCUT2D eigenvalue weighted by Crippen LogP contribution is -2.48. The molecule has 7 heteroatoms. The molecule has 1 N–H and O–H groups in total. The van der Waals surface area contributed by atoms with Crippen LogP contribution in [-0.2, 0) is 9.53 Å². The molecule has 0 aliphatic carbocycles. The maximum absolute atomic E-state index is 12.2. The third-order valence-electron chi connectivity index (χ3n) is 2.80. The summed E-state index contributed by atoms with van der Waals surface area (Å²) in [4.78, 5) is 24.6. The van der Waals surface area contributed by atoms with Crippen molar-refractivity contribution in [2.24, 2.45) is 0 Å². The number of halogens is 2. The van der Waals surface area contributed by atoms with Crippen LogP contribution in [0.1, 0.15) is 10.4 Å². The first-order valence-electron chi connectivity index (χ1n) is 5.58. The van der Waals surface area contributed by atoms with Gasteiger partial charge in [0.2, 0.25) is 0 Å². The molecule has 5 nitrogen and oxygen atoms in total. The maximum Gasteiger partial charge on any atom is 0.334 e. The standard InChI is InChI=1S/C12H11BrClNO4/c13-8-2-1-7(5-9(8)14)11(16)15-3-4-19-10(6-15)12(17)18/h1-2,5,10H,3-4,6H2,(H,17,18). The number of nitrogens with zero attached hydrogens (tertiary/aromatic N) is 1. The number of ether oxygens (including phenoxy) is 1. The van der Waals surface area contributed by atoms with Crippen molar-refractivity contribution in [1.82, 2.24) is 4.90 Å². The summed E-state index contributed by atoms with van der Waals surface area (Å²) < 4.78 is 5.78. The number of carbonyl (C=O) groups is 2. The Morgan fingerprint density at radius 1 is 1.47 bits per heavy atom. The SMILES string of the molecule is O=C(O)C1CN(C(=O)c2ccc(Br)c(Cl)c2)CCO1. The van der Waals surface area contributed by atoms with Crippen LogP contribution >= 0.6 is 27.5 Å². The second-order valence-corrected chi connectivity index (χ2v) is 5.34. The fourth-order valence-electron chi connectivity index (χ4n) is 1.79. The predicted octanol–water partition coefficient (Wildman–Crippen LogP) is 2.03. The van der Waals surface area contributed by atoms with Gasteiger partial charge in [0.05, 0.1) is 18.2 Å². The largest absolute Gasteiger partial charge is 0.479 e. The normalized spacial score (nSPS) is 19.3. The second-order valence-electron chi connectivity index (χ2n) is 4.08. The van der Waals surface area contributed by atoms with E-state index in [-0.39, 0.29) is 19.1 Å². The van der Waals surface area contributed by atoms with E-state index in [2.05, 4.69) is 15.9 Å². The van der Waals surface area contributed by atoms with Crippen LogP contribution in [0.4, 0.5) is 0 Å². The number of carboxylic acids is 1. The van der Waals surface area contributed by atoms with E-state index >= 15 is 0 Å². The van der Waals surface area contributed by atoms with Gasteiger partial charge in [0.25, 0.3) is 5.91 Å². The van der Waals surface area contributed by atoms with Crippen molar-refractivity contribution in [1.29, 1.82) is 0 Å². The Bertz CT molecular complexity index is 522. The molecule has 2 rings (SSSR count). The molecule has 1 unspecified atom stereocenters. The summed E-state index contributed by atoms with van der Waals surface area (Å²) in [5, 5.41) is 9.34. The first-order valence-corrected chi connectivity index (χ1v) is 6.75. The highest BCUT2D eigenvalue weighted by atomic mass is 79.9. The van der Waals surface area contributed by atoms with E-state index in [1.54, 1.807) is 18.2 Å². The van der Waals surface area contributed by atoms with Gasteiger partial charge < -0.3 is 14.7 Å². The number of hydrogen-bond acceptors (Lipinski definition) is 3. The lowest BCUT2D eigenvalue weighted by molar-refractivity contribution is -0.154. The number of amides is 1. The topological polar surface area (TPSA) is 66.8 Å². The Morgan fingerprint density at radius 3 is 2.84 bits per heavy atom. The smallest absolute Gasteiger partial charge is 0.334 e. The minimum absolute atomic E-state index is 0.0435. The fraction of sp³-hybridized carbons (Fsp3) is 0.333. The van der Waals surface area contributed by atoms with E-state index in [1.165, 1.54) is 4.90 Å². The molecule has 19 heavy (non-hydrogen) atoms. The molecular formula is C12H11BrClNO4. The van der Waals surface area contributed by atoms with E-state index in [0.717, 1.165) is 0 Å². The minimum Gasteiger partial charge on any atom is -0.479 e. The van der Waals surface area contributed by atoms with Crippen molar-refractivity contribution >= 4 is 39.4 Å². The quantitative estimate of drug-likeness (QED) is 0.888. The van der Waals surface area contributed by atoms with Gasteiger partial charge in [-0.25, -0.2) is 4.79 Å². The third kappa shape index (κ3) is 3.26. The number of carboxylic acid groups (broad SMARTS) is 1. The molecule has 1 fully saturated rings. The maximum atomic E-state index is 12.2. The van der Waals surface area contributed by atoms with E-state index in [4.69, 9.17) is 21.4 Å². The van der Waals surface area contributed by atoms with E-state index in [1.807, 2.05) is 0 Å². The number of carbonyl (C=O) groups excluding carboxylic acids is 1. The van der Waals surface area contributed by atoms with Gasteiger partial charge in [-0.15, -0.1) is 0 Å². The van der Waals surface area contributed by atoms with Crippen LogP contribution in [0.25, 0.3) is 0 Å². The average molecular weight is 349 g/mol. The first kappa shape index (κ1) is 14.3. The van der Waals surface area contributed by atoms with Crippen LogP contribution in [0, 0.1) is 0 Å². The van der Waals surface area contributed by atoms with Crippen molar-refractivity contribution in [3.63, 3.8) is 0 Å². The zero-order valence-electron chi connectivity index (χ0n) is 9.81. The highest BCUT2D eigenvalue weighted by Crippen LogP contribution is 2.24. The zero-order valence-corrected chi connectivity index (χ0v) is 12.1. The number of morpholine rings is 1. The van der Waals surface area contributed by atoms with Crippen LogP contribution in [0.2, 0.25) is 5.02 Å².